The van der Waals surface area contributed by atoms with Crippen LogP contribution in [0.3, 0.4) is 0 Å². The summed E-state index contributed by atoms with van der Waals surface area (Å²) in [6, 6.07) is 7.24. The van der Waals surface area contributed by atoms with E-state index in [1.54, 1.807) is 6.21 Å². The molecule has 37 heavy (non-hydrogen) atoms. The van der Waals surface area contributed by atoms with Crippen molar-refractivity contribution < 1.29 is 14.4 Å². The Labute approximate surface area is 227 Å². The van der Waals surface area contributed by atoms with Gasteiger partial charge in [-0.05, 0) is 70.3 Å². The minimum Gasteiger partial charge on any atom is -0.399 e. The predicted molar refractivity (Wildman–Crippen MR) is 149 cm³/mol. The Hall–Kier alpha value is -2.16. The maximum Gasteiger partial charge on any atom is 0.240 e. The highest BCUT2D eigenvalue weighted by atomic mass is 35.5. The Balaban J connectivity index is 1.64. The number of likely N-dealkylation sites (N-methyl/N-ethyl adjacent to an activating group) is 1. The van der Waals surface area contributed by atoms with Crippen LogP contribution in [0.2, 0.25) is 5.02 Å². The summed E-state index contributed by atoms with van der Waals surface area (Å²) in [5.74, 6) is 0.284. The number of hydrogen-bond acceptors (Lipinski definition) is 6. The van der Waals surface area contributed by atoms with Crippen LogP contribution in [0.5, 0.6) is 0 Å². The molecule has 1 saturated carbocycles. The van der Waals surface area contributed by atoms with Crippen molar-refractivity contribution in [3.8, 4) is 0 Å². The quantitative estimate of drug-likeness (QED) is 0.318. The van der Waals surface area contributed by atoms with E-state index in [0.29, 0.717) is 31.1 Å². The van der Waals surface area contributed by atoms with Crippen LogP contribution >= 0.6 is 11.6 Å². The number of likely N-dealkylation sites (tertiary alicyclic amines) is 1. The Morgan fingerprint density at radius 2 is 1.92 bits per heavy atom. The molecule has 2 amide bonds. The fourth-order valence-electron chi connectivity index (χ4n) is 5.42. The lowest BCUT2D eigenvalue weighted by molar-refractivity contribution is -0.133. The van der Waals surface area contributed by atoms with Crippen molar-refractivity contribution in [2.45, 2.75) is 64.0 Å². The van der Waals surface area contributed by atoms with Crippen LogP contribution in [0.1, 0.15) is 51.0 Å². The molecule has 2 N–H and O–H groups in total. The molecule has 2 fully saturated rings. The molecule has 0 bridgehead atoms. The normalized spacial score (nSPS) is 21.2. The second-order valence-electron chi connectivity index (χ2n) is 10.9. The average Bonchev–Trinajstić information content (AvgIpc) is 3.36. The summed E-state index contributed by atoms with van der Waals surface area (Å²) in [6.45, 7) is 4.66. The van der Waals surface area contributed by atoms with Crippen LogP contribution in [0.4, 0.5) is 0 Å². The van der Waals surface area contributed by atoms with E-state index in [-0.39, 0.29) is 29.8 Å². The van der Waals surface area contributed by atoms with Crippen LogP contribution in [-0.4, -0.2) is 87.3 Å². The summed E-state index contributed by atoms with van der Waals surface area (Å²) in [5.41, 5.74) is 0.337. The molecule has 1 aromatic rings. The number of amides is 2. The second kappa shape index (κ2) is 14.1. The number of carbonyl (C=O) groups excluding carboxylic acids is 2. The summed E-state index contributed by atoms with van der Waals surface area (Å²) in [7, 11) is 5.54. The minimum atomic E-state index is -0.723. The molecule has 1 aromatic carbocycles. The van der Waals surface area contributed by atoms with E-state index in [1.807, 2.05) is 50.2 Å². The first-order valence-electron chi connectivity index (χ1n) is 13.5. The van der Waals surface area contributed by atoms with Gasteiger partial charge in [-0.1, -0.05) is 48.2 Å². The van der Waals surface area contributed by atoms with Gasteiger partial charge in [0.05, 0.1) is 17.7 Å². The number of oxime groups is 1. The highest BCUT2D eigenvalue weighted by Gasteiger charge is 2.42. The lowest BCUT2D eigenvalue weighted by Gasteiger charge is -2.36. The van der Waals surface area contributed by atoms with Crippen molar-refractivity contribution in [3.63, 3.8) is 0 Å². The van der Waals surface area contributed by atoms with E-state index >= 15 is 0 Å². The number of hydrogen-bond donors (Lipinski definition) is 2. The molecule has 0 unspecified atom stereocenters. The number of halogens is 1. The topological polar surface area (TPSA) is 86.3 Å². The average molecular weight is 534 g/mol. The highest BCUT2D eigenvalue weighted by Crippen LogP contribution is 2.38. The molecule has 1 aliphatic heterocycles. The molecule has 1 saturated heterocycles. The molecule has 206 valence electrons. The Morgan fingerprint density at radius 3 is 2.57 bits per heavy atom. The lowest BCUT2D eigenvalue weighted by atomic mass is 9.70. The largest absolute Gasteiger partial charge is 0.399 e. The number of carbonyl (C=O) groups is 2. The molecule has 2 aliphatic rings. The summed E-state index contributed by atoms with van der Waals surface area (Å²) in [4.78, 5) is 36.0. The van der Waals surface area contributed by atoms with E-state index in [1.165, 1.54) is 13.5 Å². The lowest BCUT2D eigenvalue weighted by Crippen LogP contribution is -2.51. The first-order valence-corrected chi connectivity index (χ1v) is 13.9. The summed E-state index contributed by atoms with van der Waals surface area (Å²) in [6.07, 6.45) is 8.52. The maximum absolute atomic E-state index is 13.6. The van der Waals surface area contributed by atoms with E-state index < -0.39 is 5.41 Å². The van der Waals surface area contributed by atoms with Crippen LogP contribution in [0.15, 0.2) is 29.4 Å². The van der Waals surface area contributed by atoms with Crippen molar-refractivity contribution >= 4 is 29.6 Å². The van der Waals surface area contributed by atoms with Crippen LogP contribution in [0.25, 0.3) is 0 Å². The van der Waals surface area contributed by atoms with E-state index in [0.717, 1.165) is 44.2 Å². The predicted octanol–water partition coefficient (Wildman–Crippen LogP) is 3.34. The van der Waals surface area contributed by atoms with Crippen molar-refractivity contribution in [2.75, 3.05) is 47.4 Å². The van der Waals surface area contributed by atoms with E-state index in [4.69, 9.17) is 16.4 Å². The zero-order chi connectivity index (χ0) is 26.8. The zero-order valence-electron chi connectivity index (χ0n) is 22.8. The molecule has 1 aliphatic carbocycles. The third kappa shape index (κ3) is 8.42. The van der Waals surface area contributed by atoms with Gasteiger partial charge in [-0.25, -0.2) is 0 Å². The molecule has 1 heterocycles. The van der Waals surface area contributed by atoms with E-state index in [9.17, 15) is 9.59 Å². The SMILES string of the molecule is CO/N=C/[C@@](C)(C(=O)N[C@H]1CCN(C(=O)[C@@H](Cc2ccc(Cl)cc2)NCCN(C)C)C1)C1CCCCC1. The van der Waals surface area contributed by atoms with Gasteiger partial charge >= 0.3 is 0 Å². The molecule has 8 nitrogen and oxygen atoms in total. The van der Waals surface area contributed by atoms with Crippen LogP contribution < -0.4 is 10.6 Å². The van der Waals surface area contributed by atoms with Crippen LogP contribution in [0, 0.1) is 11.3 Å². The molecular weight excluding hydrogens is 490 g/mol. The van der Waals surface area contributed by atoms with Gasteiger partial charge in [0.25, 0.3) is 0 Å². The van der Waals surface area contributed by atoms with Gasteiger partial charge in [-0.15, -0.1) is 0 Å². The standard InChI is InChI=1S/C28H44ClN5O3/c1-28(20-31-37-4,22-8-6-5-7-9-22)27(36)32-24-14-16-34(19-24)26(35)25(30-15-17-33(2)3)18-21-10-12-23(29)13-11-21/h10-13,20,22,24-25,30H,5-9,14-19H2,1-4H3,(H,32,36)/b31-20+/t24-,25+,28+/m0/s1. The van der Waals surface area contributed by atoms with Gasteiger partial charge in [0.2, 0.25) is 11.8 Å². The number of benzene rings is 1. The van der Waals surface area contributed by atoms with Gasteiger partial charge in [-0.3, -0.25) is 9.59 Å². The first-order chi connectivity index (χ1) is 17.7. The van der Waals surface area contributed by atoms with Gasteiger partial charge in [-0.2, -0.15) is 0 Å². The van der Waals surface area contributed by atoms with E-state index in [2.05, 4.69) is 20.7 Å². The van der Waals surface area contributed by atoms with Crippen molar-refractivity contribution in [1.82, 2.24) is 20.4 Å². The molecule has 0 spiro atoms. The van der Waals surface area contributed by atoms with Gasteiger partial charge in [0.1, 0.15) is 7.11 Å². The second-order valence-corrected chi connectivity index (χ2v) is 11.4. The maximum atomic E-state index is 13.6. The summed E-state index contributed by atoms with van der Waals surface area (Å²) in [5, 5.41) is 11.4. The van der Waals surface area contributed by atoms with Crippen molar-refractivity contribution in [2.24, 2.45) is 16.5 Å². The summed E-state index contributed by atoms with van der Waals surface area (Å²) >= 11 is 6.05. The van der Waals surface area contributed by atoms with Crippen LogP contribution in [-0.2, 0) is 20.8 Å². The Bertz CT molecular complexity index is 904. The fraction of sp³-hybridized carbons (Fsp3) is 0.679. The molecule has 0 aromatic heterocycles. The first kappa shape index (κ1) is 29.4. The smallest absolute Gasteiger partial charge is 0.240 e. The molecule has 0 radical (unpaired) electrons. The number of rotatable bonds is 12. The molecule has 9 heteroatoms. The number of nitrogens with zero attached hydrogens (tertiary/aromatic N) is 3. The fourth-order valence-corrected chi connectivity index (χ4v) is 5.54. The Morgan fingerprint density at radius 1 is 1.22 bits per heavy atom. The third-order valence-electron chi connectivity index (χ3n) is 7.80. The Kier molecular flexibility index (Phi) is 11.2. The molecule has 3 rings (SSSR count). The van der Waals surface area contributed by atoms with Gasteiger partial charge in [0.15, 0.2) is 0 Å². The third-order valence-corrected chi connectivity index (χ3v) is 8.06. The van der Waals surface area contributed by atoms with Gasteiger partial charge < -0.3 is 25.3 Å². The molecule has 3 atom stereocenters. The number of nitrogens with one attached hydrogen (secondary N) is 2. The zero-order valence-corrected chi connectivity index (χ0v) is 23.6. The van der Waals surface area contributed by atoms with Crippen molar-refractivity contribution in [3.05, 3.63) is 34.9 Å². The monoisotopic (exact) mass is 533 g/mol. The minimum absolute atomic E-state index is 0.0266. The van der Waals surface area contributed by atoms with Gasteiger partial charge in [0, 0.05) is 37.2 Å². The van der Waals surface area contributed by atoms with Crippen molar-refractivity contribution in [1.29, 1.82) is 0 Å². The highest BCUT2D eigenvalue weighted by molar-refractivity contribution is 6.30. The molecular formula is C28H44ClN5O3. The summed E-state index contributed by atoms with van der Waals surface area (Å²) < 4.78 is 0.